The summed E-state index contributed by atoms with van der Waals surface area (Å²) in [6.45, 7) is 2.36. The van der Waals surface area contributed by atoms with E-state index in [1.165, 1.54) is 0 Å². The molecule has 160 valence electrons. The number of aromatic nitrogens is 2. The number of pyridine rings is 2. The second kappa shape index (κ2) is 10.6. The van der Waals surface area contributed by atoms with Crippen molar-refractivity contribution in [3.05, 3.63) is 114 Å². The zero-order chi connectivity index (χ0) is 22.2. The summed E-state index contributed by atoms with van der Waals surface area (Å²) in [5, 5.41) is 3.98. The van der Waals surface area contributed by atoms with E-state index < -0.39 is 0 Å². The molecule has 32 heavy (non-hydrogen) atoms. The van der Waals surface area contributed by atoms with Gasteiger partial charge in [0.05, 0.1) is 11.7 Å². The molecule has 0 aliphatic carbocycles. The van der Waals surface area contributed by atoms with E-state index in [0.29, 0.717) is 12.2 Å². The fourth-order valence-electron chi connectivity index (χ4n) is 3.08. The predicted molar refractivity (Wildman–Crippen MR) is 126 cm³/mol. The minimum absolute atomic E-state index is 0.119. The Bertz CT molecular complexity index is 1150. The number of nitrogens with zero attached hydrogens (tertiary/aromatic N) is 2. The number of amides is 1. The lowest BCUT2D eigenvalue weighted by Crippen LogP contribution is -2.26. The smallest absolute Gasteiger partial charge is 0.251 e. The Kier molecular flexibility index (Phi) is 7.15. The van der Waals surface area contributed by atoms with Crippen LogP contribution >= 0.6 is 11.8 Å². The highest BCUT2D eigenvalue weighted by molar-refractivity contribution is 7.99. The lowest BCUT2D eigenvalue weighted by molar-refractivity contribution is 0.0939. The van der Waals surface area contributed by atoms with E-state index >= 15 is 0 Å². The van der Waals surface area contributed by atoms with E-state index in [2.05, 4.69) is 15.3 Å². The third-order valence-corrected chi connectivity index (χ3v) is 5.75. The van der Waals surface area contributed by atoms with E-state index in [4.69, 9.17) is 4.74 Å². The highest BCUT2D eigenvalue weighted by Gasteiger charge is 2.12. The lowest BCUT2D eigenvalue weighted by atomic mass is 10.1. The van der Waals surface area contributed by atoms with Gasteiger partial charge in [0.15, 0.2) is 0 Å². The maximum Gasteiger partial charge on any atom is 0.251 e. The molecule has 0 unspecified atom stereocenters. The van der Waals surface area contributed by atoms with Gasteiger partial charge in [-0.05, 0) is 73.2 Å². The monoisotopic (exact) mass is 441 g/mol. The molecule has 0 fully saturated rings. The van der Waals surface area contributed by atoms with Crippen LogP contribution in [0, 0.1) is 0 Å². The third kappa shape index (κ3) is 5.95. The molecular weight excluding hydrogens is 418 g/mol. The topological polar surface area (TPSA) is 64.1 Å². The number of hydrogen-bond donors (Lipinski definition) is 1. The SMILES string of the molecule is C[C@H](NC(=O)c1ccc(Sc2ccccn2)cc1)c1cccc(OCc2ccccn2)c1. The maximum atomic E-state index is 12.7. The van der Waals surface area contributed by atoms with Gasteiger partial charge in [-0.25, -0.2) is 4.98 Å². The van der Waals surface area contributed by atoms with Gasteiger partial charge in [-0.1, -0.05) is 36.0 Å². The van der Waals surface area contributed by atoms with Crippen molar-refractivity contribution in [3.8, 4) is 5.75 Å². The molecule has 0 radical (unpaired) electrons. The van der Waals surface area contributed by atoms with Crippen LogP contribution in [-0.4, -0.2) is 15.9 Å². The Balaban J connectivity index is 1.35. The summed E-state index contributed by atoms with van der Waals surface area (Å²) in [6.07, 6.45) is 3.51. The molecule has 2 aromatic heterocycles. The summed E-state index contributed by atoms with van der Waals surface area (Å²) in [4.78, 5) is 22.3. The standard InChI is InChI=1S/C26H23N3O2S/c1-19(21-7-6-9-23(17-21)31-18-22-8-2-4-15-27-22)29-26(30)20-11-13-24(14-12-20)32-25-10-3-5-16-28-25/h2-17,19H,18H2,1H3,(H,29,30)/t19-/m0/s1. The van der Waals surface area contributed by atoms with Crippen LogP contribution in [0.25, 0.3) is 0 Å². The third-order valence-electron chi connectivity index (χ3n) is 4.80. The molecule has 0 spiro atoms. The maximum absolute atomic E-state index is 12.7. The van der Waals surface area contributed by atoms with Crippen molar-refractivity contribution >= 4 is 17.7 Å². The van der Waals surface area contributed by atoms with Crippen LogP contribution in [-0.2, 0) is 6.61 Å². The van der Waals surface area contributed by atoms with Gasteiger partial charge in [0.25, 0.3) is 5.91 Å². The Morgan fingerprint density at radius 3 is 2.44 bits per heavy atom. The van der Waals surface area contributed by atoms with Crippen molar-refractivity contribution < 1.29 is 9.53 Å². The zero-order valence-electron chi connectivity index (χ0n) is 17.6. The van der Waals surface area contributed by atoms with E-state index in [1.807, 2.05) is 91.9 Å². The molecule has 4 rings (SSSR count). The summed E-state index contributed by atoms with van der Waals surface area (Å²) < 4.78 is 5.85. The van der Waals surface area contributed by atoms with Gasteiger partial charge in [-0.15, -0.1) is 0 Å². The van der Waals surface area contributed by atoms with Gasteiger partial charge >= 0.3 is 0 Å². The van der Waals surface area contributed by atoms with E-state index in [-0.39, 0.29) is 11.9 Å². The molecule has 0 aliphatic heterocycles. The highest BCUT2D eigenvalue weighted by Crippen LogP contribution is 2.26. The van der Waals surface area contributed by atoms with Crippen LogP contribution in [0.5, 0.6) is 5.75 Å². The minimum atomic E-state index is -0.163. The number of rotatable bonds is 8. The van der Waals surface area contributed by atoms with Crippen LogP contribution in [0.2, 0.25) is 0 Å². The second-order valence-electron chi connectivity index (χ2n) is 7.17. The molecule has 1 N–H and O–H groups in total. The van der Waals surface area contributed by atoms with Gasteiger partial charge < -0.3 is 10.1 Å². The van der Waals surface area contributed by atoms with E-state index in [9.17, 15) is 4.79 Å². The fourth-order valence-corrected chi connectivity index (χ4v) is 3.85. The van der Waals surface area contributed by atoms with Crippen LogP contribution in [0.3, 0.4) is 0 Å². The molecule has 6 heteroatoms. The van der Waals surface area contributed by atoms with Crippen LogP contribution < -0.4 is 10.1 Å². The molecule has 1 amide bonds. The Labute approximate surface area is 191 Å². The van der Waals surface area contributed by atoms with Crippen LogP contribution in [0.15, 0.2) is 107 Å². The molecule has 2 aromatic carbocycles. The van der Waals surface area contributed by atoms with Gasteiger partial charge in [0, 0.05) is 22.9 Å². The molecule has 2 heterocycles. The number of ether oxygens (including phenoxy) is 1. The van der Waals surface area contributed by atoms with E-state index in [0.717, 1.165) is 26.9 Å². The van der Waals surface area contributed by atoms with E-state index in [1.54, 1.807) is 24.2 Å². The first-order valence-electron chi connectivity index (χ1n) is 10.3. The van der Waals surface area contributed by atoms with Crippen LogP contribution in [0.4, 0.5) is 0 Å². The van der Waals surface area contributed by atoms with Crippen molar-refractivity contribution in [2.45, 2.75) is 29.5 Å². The Morgan fingerprint density at radius 2 is 1.72 bits per heavy atom. The average molecular weight is 442 g/mol. The van der Waals surface area contributed by atoms with Gasteiger partial charge in [0.2, 0.25) is 0 Å². The summed E-state index contributed by atoms with van der Waals surface area (Å²) in [5.74, 6) is 0.622. The molecular formula is C26H23N3O2S. The minimum Gasteiger partial charge on any atom is -0.487 e. The number of hydrogen-bond acceptors (Lipinski definition) is 5. The molecule has 0 bridgehead atoms. The highest BCUT2D eigenvalue weighted by atomic mass is 32.2. The second-order valence-corrected chi connectivity index (χ2v) is 8.27. The normalized spacial score (nSPS) is 11.5. The summed E-state index contributed by atoms with van der Waals surface area (Å²) in [6, 6.07) is 26.7. The molecule has 5 nitrogen and oxygen atoms in total. The average Bonchev–Trinajstić information content (AvgIpc) is 2.84. The zero-order valence-corrected chi connectivity index (χ0v) is 18.5. The number of carbonyl (C=O) groups excluding carboxylic acids is 1. The summed E-state index contributed by atoms with van der Waals surface area (Å²) in [7, 11) is 0. The first-order chi connectivity index (χ1) is 15.7. The van der Waals surface area contributed by atoms with Crippen molar-refractivity contribution in [1.82, 2.24) is 15.3 Å². The lowest BCUT2D eigenvalue weighted by Gasteiger charge is -2.16. The first kappa shape index (κ1) is 21.6. The van der Waals surface area contributed by atoms with Crippen molar-refractivity contribution in [3.63, 3.8) is 0 Å². The first-order valence-corrected chi connectivity index (χ1v) is 11.1. The predicted octanol–water partition coefficient (Wildman–Crippen LogP) is 5.70. The molecule has 4 aromatic rings. The Morgan fingerprint density at radius 1 is 0.938 bits per heavy atom. The quantitative estimate of drug-likeness (QED) is 0.380. The number of carbonyl (C=O) groups is 1. The molecule has 0 saturated carbocycles. The fraction of sp³-hybridized carbons (Fsp3) is 0.115. The molecule has 0 saturated heterocycles. The Hall–Kier alpha value is -3.64. The van der Waals surface area contributed by atoms with Crippen molar-refractivity contribution in [2.24, 2.45) is 0 Å². The summed E-state index contributed by atoms with van der Waals surface area (Å²) in [5.41, 5.74) is 2.45. The molecule has 1 atom stereocenters. The van der Waals surface area contributed by atoms with Gasteiger partial charge in [-0.3, -0.25) is 9.78 Å². The van der Waals surface area contributed by atoms with Gasteiger partial charge in [-0.2, -0.15) is 0 Å². The number of benzene rings is 2. The van der Waals surface area contributed by atoms with Gasteiger partial charge in [0.1, 0.15) is 17.4 Å². The molecule has 0 aliphatic rings. The van der Waals surface area contributed by atoms with Crippen LogP contribution in [0.1, 0.15) is 34.6 Å². The van der Waals surface area contributed by atoms with Crippen molar-refractivity contribution in [1.29, 1.82) is 0 Å². The summed E-state index contributed by atoms with van der Waals surface area (Å²) >= 11 is 1.56. The largest absolute Gasteiger partial charge is 0.487 e. The van der Waals surface area contributed by atoms with Crippen molar-refractivity contribution in [2.75, 3.05) is 0 Å². The number of nitrogens with one attached hydrogen (secondary N) is 1.